The van der Waals surface area contributed by atoms with Gasteiger partial charge in [0.15, 0.2) is 0 Å². The lowest BCUT2D eigenvalue weighted by Gasteiger charge is -2.11. The highest BCUT2D eigenvalue weighted by Crippen LogP contribution is 2.42. The van der Waals surface area contributed by atoms with Crippen LogP contribution in [0.5, 0.6) is 0 Å². The Kier molecular flexibility index (Phi) is 4.24. The lowest BCUT2D eigenvalue weighted by Crippen LogP contribution is -2.13. The van der Waals surface area contributed by atoms with Gasteiger partial charge in [0.05, 0.1) is 22.5 Å². The molecular formula is C25H21N3O. The van der Waals surface area contributed by atoms with Crippen LogP contribution >= 0.6 is 0 Å². The van der Waals surface area contributed by atoms with E-state index in [0.717, 1.165) is 22.0 Å². The number of nitrogen functional groups attached to an aromatic ring is 1. The van der Waals surface area contributed by atoms with Gasteiger partial charge in [-0.25, -0.2) is 0 Å². The quantitative estimate of drug-likeness (QED) is 0.453. The van der Waals surface area contributed by atoms with Crippen LogP contribution in [0, 0.1) is 0 Å². The molecule has 0 aliphatic heterocycles. The molecular weight excluding hydrogens is 358 g/mol. The molecule has 1 aromatic heterocycles. The molecule has 0 unspecified atom stereocenters. The molecule has 142 valence electrons. The van der Waals surface area contributed by atoms with Gasteiger partial charge >= 0.3 is 0 Å². The zero-order valence-electron chi connectivity index (χ0n) is 15.9. The summed E-state index contributed by atoms with van der Waals surface area (Å²) in [7, 11) is 0. The molecule has 1 amide bonds. The van der Waals surface area contributed by atoms with Crippen molar-refractivity contribution in [1.82, 2.24) is 4.98 Å². The van der Waals surface area contributed by atoms with Gasteiger partial charge in [0.25, 0.3) is 5.91 Å². The number of para-hydroxylation sites is 1. The molecule has 0 saturated heterocycles. The summed E-state index contributed by atoms with van der Waals surface area (Å²) < 4.78 is 0. The molecule has 0 radical (unpaired) electrons. The predicted molar refractivity (Wildman–Crippen MR) is 118 cm³/mol. The van der Waals surface area contributed by atoms with Crippen LogP contribution in [0.4, 0.5) is 11.4 Å². The Morgan fingerprint density at radius 1 is 0.931 bits per heavy atom. The molecule has 0 atom stereocenters. The van der Waals surface area contributed by atoms with E-state index >= 15 is 0 Å². The van der Waals surface area contributed by atoms with E-state index in [9.17, 15) is 4.79 Å². The zero-order chi connectivity index (χ0) is 19.8. The average Bonchev–Trinajstić information content (AvgIpc) is 3.60. The van der Waals surface area contributed by atoms with Gasteiger partial charge in [-0.1, -0.05) is 54.6 Å². The fourth-order valence-electron chi connectivity index (χ4n) is 3.70. The minimum absolute atomic E-state index is 0.215. The maximum absolute atomic E-state index is 12.9. The summed E-state index contributed by atoms with van der Waals surface area (Å²) in [5.41, 5.74) is 12.1. The Labute approximate surface area is 169 Å². The van der Waals surface area contributed by atoms with Crippen LogP contribution < -0.4 is 11.1 Å². The van der Waals surface area contributed by atoms with Gasteiger partial charge in [-0.2, -0.15) is 0 Å². The van der Waals surface area contributed by atoms with Gasteiger partial charge in [-0.15, -0.1) is 0 Å². The first-order valence-electron chi connectivity index (χ1n) is 9.84. The standard InChI is InChI=1S/C25H21N3O/c26-22-12-11-18(16-5-2-1-3-6-16)14-23(22)28-25(29)20-13-19-7-4-8-21(17-9-10-17)24(19)27-15-20/h1-8,11-15,17H,9-10,26H2,(H,28,29). The first-order valence-corrected chi connectivity index (χ1v) is 9.84. The van der Waals surface area contributed by atoms with Crippen molar-refractivity contribution in [3.05, 3.63) is 90.1 Å². The Morgan fingerprint density at radius 3 is 2.55 bits per heavy atom. The van der Waals surface area contributed by atoms with Gasteiger partial charge in [0.2, 0.25) is 0 Å². The van der Waals surface area contributed by atoms with Crippen LogP contribution in [0.1, 0.15) is 34.7 Å². The Bertz CT molecular complexity index is 1210. The number of carbonyl (C=O) groups is 1. The molecule has 29 heavy (non-hydrogen) atoms. The van der Waals surface area contributed by atoms with E-state index in [4.69, 9.17) is 5.73 Å². The van der Waals surface area contributed by atoms with Crippen LogP contribution in [-0.4, -0.2) is 10.9 Å². The van der Waals surface area contributed by atoms with Crippen molar-refractivity contribution in [1.29, 1.82) is 0 Å². The highest BCUT2D eigenvalue weighted by atomic mass is 16.1. The third-order valence-electron chi connectivity index (χ3n) is 5.43. The molecule has 1 aliphatic carbocycles. The molecule has 4 heteroatoms. The molecule has 1 fully saturated rings. The number of aromatic nitrogens is 1. The number of amides is 1. The molecule has 3 aromatic carbocycles. The number of fused-ring (bicyclic) bond motifs is 1. The summed E-state index contributed by atoms with van der Waals surface area (Å²) in [4.78, 5) is 17.5. The normalized spacial score (nSPS) is 13.4. The highest BCUT2D eigenvalue weighted by molar-refractivity contribution is 6.07. The second kappa shape index (κ2) is 7.06. The topological polar surface area (TPSA) is 68.0 Å². The number of rotatable bonds is 4. The lowest BCUT2D eigenvalue weighted by atomic mass is 10.0. The van der Waals surface area contributed by atoms with Gasteiger partial charge in [0.1, 0.15) is 0 Å². The van der Waals surface area contributed by atoms with E-state index in [0.29, 0.717) is 22.9 Å². The molecule has 3 N–H and O–H groups in total. The Balaban J connectivity index is 1.44. The van der Waals surface area contributed by atoms with Crippen LogP contribution in [-0.2, 0) is 0 Å². The molecule has 5 rings (SSSR count). The van der Waals surface area contributed by atoms with E-state index in [2.05, 4.69) is 16.4 Å². The largest absolute Gasteiger partial charge is 0.397 e. The maximum atomic E-state index is 12.9. The molecule has 1 saturated carbocycles. The van der Waals surface area contributed by atoms with Crippen molar-refractivity contribution in [2.45, 2.75) is 18.8 Å². The monoisotopic (exact) mass is 379 g/mol. The van der Waals surface area contributed by atoms with Crippen molar-refractivity contribution >= 4 is 28.2 Å². The van der Waals surface area contributed by atoms with Crippen molar-refractivity contribution in [2.75, 3.05) is 11.1 Å². The van der Waals surface area contributed by atoms with Gasteiger partial charge < -0.3 is 11.1 Å². The number of nitrogens with one attached hydrogen (secondary N) is 1. The van der Waals surface area contributed by atoms with Crippen LogP contribution in [0.15, 0.2) is 79.0 Å². The van der Waals surface area contributed by atoms with Gasteiger partial charge in [-0.3, -0.25) is 9.78 Å². The second-order valence-corrected chi connectivity index (χ2v) is 7.54. The van der Waals surface area contributed by atoms with Gasteiger partial charge in [0, 0.05) is 11.6 Å². The third kappa shape index (κ3) is 3.45. The van der Waals surface area contributed by atoms with E-state index < -0.39 is 0 Å². The number of nitrogens with zero attached hydrogens (tertiary/aromatic N) is 1. The Morgan fingerprint density at radius 2 is 1.76 bits per heavy atom. The maximum Gasteiger partial charge on any atom is 0.257 e. The number of hydrogen-bond donors (Lipinski definition) is 2. The number of carbonyl (C=O) groups excluding carboxylic acids is 1. The average molecular weight is 379 g/mol. The lowest BCUT2D eigenvalue weighted by molar-refractivity contribution is 0.102. The summed E-state index contributed by atoms with van der Waals surface area (Å²) in [5.74, 6) is 0.402. The first-order chi connectivity index (χ1) is 14.2. The fraction of sp³-hybridized carbons (Fsp3) is 0.120. The highest BCUT2D eigenvalue weighted by Gasteiger charge is 2.25. The van der Waals surface area contributed by atoms with Crippen molar-refractivity contribution in [3.8, 4) is 11.1 Å². The molecule has 1 heterocycles. The predicted octanol–water partition coefficient (Wildman–Crippen LogP) is 5.61. The minimum atomic E-state index is -0.215. The van der Waals surface area contributed by atoms with E-state index in [-0.39, 0.29) is 5.91 Å². The second-order valence-electron chi connectivity index (χ2n) is 7.54. The first kappa shape index (κ1) is 17.4. The smallest absolute Gasteiger partial charge is 0.257 e. The molecule has 0 bridgehead atoms. The van der Waals surface area contributed by atoms with E-state index in [1.807, 2.05) is 66.7 Å². The summed E-state index contributed by atoms with van der Waals surface area (Å²) in [6.07, 6.45) is 4.10. The number of anilines is 2. The van der Waals surface area contributed by atoms with E-state index in [1.165, 1.54) is 18.4 Å². The summed E-state index contributed by atoms with van der Waals surface area (Å²) in [6, 6.07) is 23.8. The Hall–Kier alpha value is -3.66. The van der Waals surface area contributed by atoms with Crippen molar-refractivity contribution in [3.63, 3.8) is 0 Å². The number of nitrogens with two attached hydrogens (primary N) is 1. The number of pyridine rings is 1. The zero-order valence-corrected chi connectivity index (χ0v) is 15.9. The summed E-state index contributed by atoms with van der Waals surface area (Å²) in [5, 5.41) is 3.94. The molecule has 4 aromatic rings. The van der Waals surface area contributed by atoms with Gasteiger partial charge in [-0.05, 0) is 53.6 Å². The molecule has 1 aliphatic rings. The van der Waals surface area contributed by atoms with Crippen LogP contribution in [0.2, 0.25) is 0 Å². The summed E-state index contributed by atoms with van der Waals surface area (Å²) in [6.45, 7) is 0. The molecule has 0 spiro atoms. The van der Waals surface area contributed by atoms with Crippen LogP contribution in [0.25, 0.3) is 22.0 Å². The number of benzene rings is 3. The summed E-state index contributed by atoms with van der Waals surface area (Å²) >= 11 is 0. The molecule has 4 nitrogen and oxygen atoms in total. The van der Waals surface area contributed by atoms with Crippen molar-refractivity contribution < 1.29 is 4.79 Å². The van der Waals surface area contributed by atoms with E-state index in [1.54, 1.807) is 6.20 Å². The number of hydrogen-bond acceptors (Lipinski definition) is 3. The van der Waals surface area contributed by atoms with Crippen molar-refractivity contribution in [2.24, 2.45) is 0 Å². The minimum Gasteiger partial charge on any atom is -0.397 e. The fourth-order valence-corrected chi connectivity index (χ4v) is 3.70. The SMILES string of the molecule is Nc1ccc(-c2ccccc2)cc1NC(=O)c1cnc2c(C3CC3)cccc2c1. The third-order valence-corrected chi connectivity index (χ3v) is 5.43. The van der Waals surface area contributed by atoms with Crippen LogP contribution in [0.3, 0.4) is 0 Å².